The molecule has 16 heavy (non-hydrogen) atoms. The molecule has 0 spiro atoms. The Morgan fingerprint density at radius 3 is 2.19 bits per heavy atom. The first kappa shape index (κ1) is 12.0. The van der Waals surface area contributed by atoms with Crippen LogP contribution in [-0.2, 0) is 4.79 Å². The van der Waals surface area contributed by atoms with E-state index in [0.29, 0.717) is 5.56 Å². The summed E-state index contributed by atoms with van der Waals surface area (Å²) >= 11 is 0. The van der Waals surface area contributed by atoms with Crippen molar-refractivity contribution in [3.8, 4) is 6.07 Å². The SMILES string of the molecule is Cc1cc(C(C#N)=CC(=O)O)cc(C)c1C. The topological polar surface area (TPSA) is 61.1 Å². The van der Waals surface area contributed by atoms with Crippen LogP contribution in [0.1, 0.15) is 22.3 Å². The van der Waals surface area contributed by atoms with Crippen LogP contribution in [0, 0.1) is 32.1 Å². The molecule has 0 amide bonds. The number of nitrogens with zero attached hydrogens (tertiary/aromatic N) is 1. The fourth-order valence-electron chi connectivity index (χ4n) is 1.49. The monoisotopic (exact) mass is 215 g/mol. The zero-order chi connectivity index (χ0) is 12.3. The van der Waals surface area contributed by atoms with Crippen LogP contribution in [0.15, 0.2) is 18.2 Å². The van der Waals surface area contributed by atoms with E-state index in [1.165, 1.54) is 0 Å². The lowest BCUT2D eigenvalue weighted by Gasteiger charge is -2.07. The molecule has 0 aliphatic carbocycles. The van der Waals surface area contributed by atoms with Gasteiger partial charge in [-0.3, -0.25) is 0 Å². The molecule has 0 aliphatic rings. The van der Waals surface area contributed by atoms with Gasteiger partial charge >= 0.3 is 5.97 Å². The van der Waals surface area contributed by atoms with E-state index in [1.54, 1.807) is 0 Å². The minimum absolute atomic E-state index is 0.179. The second-order valence-corrected chi connectivity index (χ2v) is 3.74. The normalized spacial score (nSPS) is 11.0. The summed E-state index contributed by atoms with van der Waals surface area (Å²) in [6.07, 6.45) is 0.934. The van der Waals surface area contributed by atoms with Crippen molar-refractivity contribution in [2.24, 2.45) is 0 Å². The molecule has 0 bridgehead atoms. The molecule has 0 saturated carbocycles. The summed E-state index contributed by atoms with van der Waals surface area (Å²) in [7, 11) is 0. The molecular formula is C13H13NO2. The van der Waals surface area contributed by atoms with Gasteiger partial charge < -0.3 is 5.11 Å². The smallest absolute Gasteiger partial charge is 0.329 e. The van der Waals surface area contributed by atoms with Crippen LogP contribution in [0.25, 0.3) is 5.57 Å². The van der Waals surface area contributed by atoms with Crippen LogP contribution in [0.2, 0.25) is 0 Å². The standard InChI is InChI=1S/C13H13NO2/c1-8-4-11(5-9(2)10(8)3)12(7-14)6-13(15)16/h4-6H,1-3H3,(H,15,16). The number of benzene rings is 1. The third-order valence-corrected chi connectivity index (χ3v) is 2.63. The average molecular weight is 215 g/mol. The van der Waals surface area contributed by atoms with Crippen molar-refractivity contribution in [3.63, 3.8) is 0 Å². The van der Waals surface area contributed by atoms with Crippen molar-refractivity contribution in [1.82, 2.24) is 0 Å². The number of carboxylic acids is 1. The summed E-state index contributed by atoms with van der Waals surface area (Å²) in [6, 6.07) is 5.57. The minimum Gasteiger partial charge on any atom is -0.478 e. The Bertz CT molecular complexity index is 484. The van der Waals surface area contributed by atoms with Crippen molar-refractivity contribution >= 4 is 11.5 Å². The fraction of sp³-hybridized carbons (Fsp3) is 0.231. The maximum atomic E-state index is 10.6. The quantitative estimate of drug-likeness (QED) is 0.609. The Morgan fingerprint density at radius 1 is 1.31 bits per heavy atom. The van der Waals surface area contributed by atoms with Crippen molar-refractivity contribution in [1.29, 1.82) is 5.26 Å². The van der Waals surface area contributed by atoms with Crippen molar-refractivity contribution in [3.05, 3.63) is 40.5 Å². The molecule has 3 heteroatoms. The number of nitriles is 1. The minimum atomic E-state index is -1.10. The summed E-state index contributed by atoms with van der Waals surface area (Å²) in [4.78, 5) is 10.6. The van der Waals surface area contributed by atoms with E-state index < -0.39 is 5.97 Å². The van der Waals surface area contributed by atoms with Crippen LogP contribution in [0.4, 0.5) is 0 Å². The van der Waals surface area contributed by atoms with E-state index in [9.17, 15) is 4.79 Å². The first-order valence-corrected chi connectivity index (χ1v) is 4.88. The van der Waals surface area contributed by atoms with Gasteiger partial charge in [0.1, 0.15) is 6.07 Å². The number of rotatable bonds is 2. The van der Waals surface area contributed by atoms with Gasteiger partial charge in [-0.05, 0) is 43.0 Å². The third-order valence-electron chi connectivity index (χ3n) is 2.63. The van der Waals surface area contributed by atoms with Gasteiger partial charge in [0.15, 0.2) is 0 Å². The van der Waals surface area contributed by atoms with Crippen molar-refractivity contribution < 1.29 is 9.90 Å². The molecule has 0 aromatic heterocycles. The molecule has 0 unspecified atom stereocenters. The van der Waals surface area contributed by atoms with Crippen LogP contribution >= 0.6 is 0 Å². The molecule has 1 N–H and O–H groups in total. The Morgan fingerprint density at radius 2 is 1.81 bits per heavy atom. The summed E-state index contributed by atoms with van der Waals surface area (Å²) < 4.78 is 0. The molecule has 0 saturated heterocycles. The van der Waals surface area contributed by atoms with E-state index in [0.717, 1.165) is 22.8 Å². The van der Waals surface area contributed by atoms with Gasteiger partial charge in [-0.25, -0.2) is 4.79 Å². The van der Waals surface area contributed by atoms with Crippen LogP contribution in [0.5, 0.6) is 0 Å². The van der Waals surface area contributed by atoms with E-state index in [-0.39, 0.29) is 5.57 Å². The highest BCUT2D eigenvalue weighted by molar-refractivity contribution is 5.94. The predicted octanol–water partition coefficient (Wildman–Crippen LogP) is 2.60. The predicted molar refractivity (Wildman–Crippen MR) is 61.9 cm³/mol. The second-order valence-electron chi connectivity index (χ2n) is 3.74. The number of carboxylic acid groups (broad SMARTS) is 1. The van der Waals surface area contributed by atoms with Gasteiger partial charge in [-0.15, -0.1) is 0 Å². The zero-order valence-corrected chi connectivity index (χ0v) is 9.53. The summed E-state index contributed by atoms with van der Waals surface area (Å²) in [5, 5.41) is 17.5. The van der Waals surface area contributed by atoms with Crippen molar-refractivity contribution in [2.75, 3.05) is 0 Å². The Labute approximate surface area is 94.6 Å². The third kappa shape index (κ3) is 2.48. The first-order valence-electron chi connectivity index (χ1n) is 4.88. The van der Waals surface area contributed by atoms with E-state index in [4.69, 9.17) is 10.4 Å². The maximum absolute atomic E-state index is 10.6. The molecule has 82 valence electrons. The van der Waals surface area contributed by atoms with Gasteiger partial charge in [-0.2, -0.15) is 5.26 Å². The van der Waals surface area contributed by atoms with E-state index in [1.807, 2.05) is 39.0 Å². The molecule has 0 heterocycles. The second kappa shape index (κ2) is 4.63. The maximum Gasteiger partial charge on any atom is 0.329 e. The number of aliphatic carboxylic acids is 1. The highest BCUT2D eigenvalue weighted by Gasteiger charge is 2.06. The molecule has 3 nitrogen and oxygen atoms in total. The molecule has 1 aromatic rings. The number of allylic oxidation sites excluding steroid dienone is 1. The van der Waals surface area contributed by atoms with Crippen LogP contribution in [-0.4, -0.2) is 11.1 Å². The number of aryl methyl sites for hydroxylation is 2. The summed E-state index contributed by atoms with van der Waals surface area (Å²) in [5.41, 5.74) is 4.11. The first-order chi connectivity index (χ1) is 7.45. The molecular weight excluding hydrogens is 202 g/mol. The van der Waals surface area contributed by atoms with Gasteiger partial charge in [0.05, 0.1) is 5.57 Å². The highest BCUT2D eigenvalue weighted by Crippen LogP contribution is 2.21. The van der Waals surface area contributed by atoms with Crippen molar-refractivity contribution in [2.45, 2.75) is 20.8 Å². The average Bonchev–Trinajstić information content (AvgIpc) is 2.21. The lowest BCUT2D eigenvalue weighted by molar-refractivity contribution is -0.131. The van der Waals surface area contributed by atoms with Gasteiger partial charge in [-0.1, -0.05) is 12.1 Å². The van der Waals surface area contributed by atoms with Gasteiger partial charge in [0.2, 0.25) is 0 Å². The Balaban J connectivity index is 3.34. The van der Waals surface area contributed by atoms with E-state index >= 15 is 0 Å². The molecule has 1 aromatic carbocycles. The highest BCUT2D eigenvalue weighted by atomic mass is 16.4. The zero-order valence-electron chi connectivity index (χ0n) is 9.53. The van der Waals surface area contributed by atoms with Gasteiger partial charge in [0.25, 0.3) is 0 Å². The molecule has 0 fully saturated rings. The fourth-order valence-corrected chi connectivity index (χ4v) is 1.49. The number of hydrogen-bond donors (Lipinski definition) is 1. The summed E-state index contributed by atoms with van der Waals surface area (Å²) in [6.45, 7) is 5.89. The van der Waals surface area contributed by atoms with Crippen LogP contribution in [0.3, 0.4) is 0 Å². The lowest BCUT2D eigenvalue weighted by Crippen LogP contribution is -1.94. The molecule has 0 aliphatic heterocycles. The molecule has 1 rings (SSSR count). The largest absolute Gasteiger partial charge is 0.478 e. The number of hydrogen-bond acceptors (Lipinski definition) is 2. The summed E-state index contributed by atoms with van der Waals surface area (Å²) in [5.74, 6) is -1.10. The lowest BCUT2D eigenvalue weighted by atomic mass is 9.97. The van der Waals surface area contributed by atoms with E-state index in [2.05, 4.69) is 0 Å². The molecule has 0 radical (unpaired) electrons. The van der Waals surface area contributed by atoms with Gasteiger partial charge in [0, 0.05) is 6.08 Å². The molecule has 0 atom stereocenters. The number of carbonyl (C=O) groups is 1. The Hall–Kier alpha value is -2.08. The van der Waals surface area contributed by atoms with Crippen LogP contribution < -0.4 is 0 Å². The Kier molecular flexibility index (Phi) is 3.47.